The van der Waals surface area contributed by atoms with E-state index in [4.69, 9.17) is 16.0 Å². The highest BCUT2D eigenvalue weighted by Gasteiger charge is 2.14. The number of hydrogen-bond acceptors (Lipinski definition) is 2. The first kappa shape index (κ1) is 11.6. The molecule has 1 unspecified atom stereocenters. The number of unbranched alkanes of at least 4 members (excludes halogenated alkanes) is 2. The minimum atomic E-state index is 0.327. The fourth-order valence-electron chi connectivity index (χ4n) is 1.61. The van der Waals surface area contributed by atoms with E-state index >= 15 is 0 Å². The van der Waals surface area contributed by atoms with Crippen LogP contribution in [0.3, 0.4) is 0 Å². The highest BCUT2D eigenvalue weighted by Crippen LogP contribution is 2.27. The molecule has 80 valence electrons. The molecular formula is C11H18ClNO. The molecule has 0 radical (unpaired) electrons. The average Bonchev–Trinajstić information content (AvgIpc) is 2.60. The summed E-state index contributed by atoms with van der Waals surface area (Å²) in [5.74, 6) is 0. The van der Waals surface area contributed by atoms with E-state index in [1.807, 2.05) is 13.1 Å². The van der Waals surface area contributed by atoms with Gasteiger partial charge in [-0.05, 0) is 31.1 Å². The van der Waals surface area contributed by atoms with E-state index in [1.54, 1.807) is 6.26 Å². The largest absolute Gasteiger partial charge is 0.453 e. The van der Waals surface area contributed by atoms with E-state index in [9.17, 15) is 0 Å². The molecule has 0 aliphatic heterocycles. The van der Waals surface area contributed by atoms with Gasteiger partial charge in [-0.15, -0.1) is 0 Å². The van der Waals surface area contributed by atoms with E-state index in [-0.39, 0.29) is 0 Å². The first-order valence-corrected chi connectivity index (χ1v) is 5.57. The summed E-state index contributed by atoms with van der Waals surface area (Å²) in [5.41, 5.74) is 1.07. The lowest BCUT2D eigenvalue weighted by Gasteiger charge is -2.14. The van der Waals surface area contributed by atoms with Crippen molar-refractivity contribution in [3.8, 4) is 0 Å². The van der Waals surface area contributed by atoms with Gasteiger partial charge >= 0.3 is 0 Å². The third kappa shape index (κ3) is 3.03. The molecule has 14 heavy (non-hydrogen) atoms. The van der Waals surface area contributed by atoms with Crippen molar-refractivity contribution < 1.29 is 4.42 Å². The Balaban J connectivity index is 2.50. The van der Waals surface area contributed by atoms with Gasteiger partial charge in [-0.1, -0.05) is 26.2 Å². The van der Waals surface area contributed by atoms with Crippen LogP contribution in [0.2, 0.25) is 5.22 Å². The van der Waals surface area contributed by atoms with Crippen molar-refractivity contribution in [2.75, 3.05) is 7.05 Å². The normalized spacial score (nSPS) is 13.1. The van der Waals surface area contributed by atoms with E-state index in [0.29, 0.717) is 11.3 Å². The molecule has 0 aliphatic rings. The van der Waals surface area contributed by atoms with E-state index < -0.39 is 0 Å². The van der Waals surface area contributed by atoms with Crippen LogP contribution in [-0.2, 0) is 0 Å². The Morgan fingerprint density at radius 3 is 2.79 bits per heavy atom. The summed E-state index contributed by atoms with van der Waals surface area (Å²) in [6.07, 6.45) is 6.50. The monoisotopic (exact) mass is 215 g/mol. The molecule has 0 fully saturated rings. The maximum atomic E-state index is 5.92. The van der Waals surface area contributed by atoms with Crippen LogP contribution >= 0.6 is 11.6 Å². The highest BCUT2D eigenvalue weighted by atomic mass is 35.5. The van der Waals surface area contributed by atoms with Crippen LogP contribution in [0.15, 0.2) is 16.7 Å². The molecule has 1 aromatic rings. The van der Waals surface area contributed by atoms with Gasteiger partial charge in [-0.3, -0.25) is 0 Å². The molecule has 0 saturated heterocycles. The fourth-order valence-corrected chi connectivity index (χ4v) is 1.85. The molecule has 0 aliphatic carbocycles. The maximum Gasteiger partial charge on any atom is 0.197 e. The summed E-state index contributed by atoms with van der Waals surface area (Å²) in [6.45, 7) is 2.21. The van der Waals surface area contributed by atoms with Crippen LogP contribution < -0.4 is 5.32 Å². The Labute approximate surface area is 90.6 Å². The van der Waals surface area contributed by atoms with E-state index in [2.05, 4.69) is 12.2 Å². The summed E-state index contributed by atoms with van der Waals surface area (Å²) in [4.78, 5) is 0. The fraction of sp³-hybridized carbons (Fsp3) is 0.636. The number of rotatable bonds is 6. The predicted molar refractivity (Wildman–Crippen MR) is 59.7 cm³/mol. The van der Waals surface area contributed by atoms with E-state index in [1.165, 1.54) is 19.3 Å². The van der Waals surface area contributed by atoms with Gasteiger partial charge in [-0.25, -0.2) is 0 Å². The van der Waals surface area contributed by atoms with Gasteiger partial charge in [0.25, 0.3) is 0 Å². The van der Waals surface area contributed by atoms with Crippen molar-refractivity contribution in [1.29, 1.82) is 0 Å². The molecule has 2 nitrogen and oxygen atoms in total. The maximum absolute atomic E-state index is 5.92. The Kier molecular flexibility index (Phi) is 5.05. The Bertz CT molecular complexity index is 260. The predicted octanol–water partition coefficient (Wildman–Crippen LogP) is 3.77. The topological polar surface area (TPSA) is 25.2 Å². The quantitative estimate of drug-likeness (QED) is 0.731. The standard InChI is InChI=1S/C11H18ClNO/c1-3-4-5-6-10(13-2)9-7-8-14-11(9)12/h7-8,10,13H,3-6H2,1-2H3. The molecule has 1 N–H and O–H groups in total. The molecule has 0 amide bonds. The summed E-state index contributed by atoms with van der Waals surface area (Å²) >= 11 is 5.92. The zero-order valence-corrected chi connectivity index (χ0v) is 9.60. The molecule has 3 heteroatoms. The molecule has 1 rings (SSSR count). The lowest BCUT2D eigenvalue weighted by atomic mass is 10.0. The second-order valence-electron chi connectivity index (χ2n) is 3.49. The average molecular weight is 216 g/mol. The zero-order valence-electron chi connectivity index (χ0n) is 8.85. The SMILES string of the molecule is CCCCCC(NC)c1ccoc1Cl. The first-order chi connectivity index (χ1) is 6.79. The summed E-state index contributed by atoms with van der Waals surface area (Å²) in [6, 6.07) is 2.27. The van der Waals surface area contributed by atoms with Gasteiger partial charge < -0.3 is 9.73 Å². The number of halogens is 1. The number of hydrogen-bond donors (Lipinski definition) is 1. The van der Waals surface area contributed by atoms with Crippen molar-refractivity contribution in [3.63, 3.8) is 0 Å². The molecule has 1 heterocycles. The molecule has 0 saturated carbocycles. The summed E-state index contributed by atoms with van der Waals surface area (Å²) in [7, 11) is 1.96. The third-order valence-corrected chi connectivity index (χ3v) is 2.77. The van der Waals surface area contributed by atoms with Crippen LogP contribution in [0.1, 0.15) is 44.2 Å². The summed E-state index contributed by atoms with van der Waals surface area (Å²) < 4.78 is 5.08. The zero-order chi connectivity index (χ0) is 10.4. The Morgan fingerprint density at radius 1 is 1.50 bits per heavy atom. The van der Waals surface area contributed by atoms with Crippen LogP contribution in [0.4, 0.5) is 0 Å². The van der Waals surface area contributed by atoms with E-state index in [0.717, 1.165) is 12.0 Å². The third-order valence-electron chi connectivity index (χ3n) is 2.47. The van der Waals surface area contributed by atoms with Gasteiger partial charge in [0.15, 0.2) is 5.22 Å². The van der Waals surface area contributed by atoms with Gasteiger partial charge in [-0.2, -0.15) is 0 Å². The van der Waals surface area contributed by atoms with Gasteiger partial charge in [0.2, 0.25) is 0 Å². The van der Waals surface area contributed by atoms with Gasteiger partial charge in [0.1, 0.15) is 0 Å². The summed E-state index contributed by atoms with van der Waals surface area (Å²) in [5, 5.41) is 3.77. The molecule has 1 atom stereocenters. The van der Waals surface area contributed by atoms with Crippen molar-refractivity contribution in [3.05, 3.63) is 23.1 Å². The number of furan rings is 1. The lowest BCUT2D eigenvalue weighted by molar-refractivity contribution is 0.500. The molecule has 0 bridgehead atoms. The minimum Gasteiger partial charge on any atom is -0.453 e. The first-order valence-electron chi connectivity index (χ1n) is 5.19. The van der Waals surface area contributed by atoms with Gasteiger partial charge in [0, 0.05) is 11.6 Å². The van der Waals surface area contributed by atoms with Crippen molar-refractivity contribution in [2.45, 2.75) is 38.6 Å². The van der Waals surface area contributed by atoms with Crippen molar-refractivity contribution >= 4 is 11.6 Å². The van der Waals surface area contributed by atoms with Crippen LogP contribution in [-0.4, -0.2) is 7.05 Å². The smallest absolute Gasteiger partial charge is 0.197 e. The highest BCUT2D eigenvalue weighted by molar-refractivity contribution is 6.29. The van der Waals surface area contributed by atoms with Crippen LogP contribution in [0.25, 0.3) is 0 Å². The molecule has 0 aromatic carbocycles. The second-order valence-corrected chi connectivity index (χ2v) is 3.83. The van der Waals surface area contributed by atoms with Crippen LogP contribution in [0, 0.1) is 0 Å². The second kappa shape index (κ2) is 6.10. The molecule has 0 spiro atoms. The molecule has 1 aromatic heterocycles. The van der Waals surface area contributed by atoms with Crippen LogP contribution in [0.5, 0.6) is 0 Å². The minimum absolute atomic E-state index is 0.327. The van der Waals surface area contributed by atoms with Crippen molar-refractivity contribution in [2.24, 2.45) is 0 Å². The lowest BCUT2D eigenvalue weighted by Crippen LogP contribution is -2.15. The molecular weight excluding hydrogens is 198 g/mol. The van der Waals surface area contributed by atoms with Gasteiger partial charge in [0.05, 0.1) is 6.26 Å². The Morgan fingerprint density at radius 2 is 2.29 bits per heavy atom. The number of nitrogens with one attached hydrogen (secondary N) is 1. The van der Waals surface area contributed by atoms with Crippen molar-refractivity contribution in [1.82, 2.24) is 5.32 Å². The Hall–Kier alpha value is -0.470.